The Morgan fingerprint density at radius 1 is 1.19 bits per heavy atom. The van der Waals surface area contributed by atoms with E-state index in [-0.39, 0.29) is 0 Å². The molecule has 0 aliphatic carbocycles. The van der Waals surface area contributed by atoms with Crippen molar-refractivity contribution in [2.24, 2.45) is 5.73 Å². The van der Waals surface area contributed by atoms with E-state index >= 15 is 0 Å². The molecule has 0 saturated carbocycles. The summed E-state index contributed by atoms with van der Waals surface area (Å²) in [7, 11) is 0. The summed E-state index contributed by atoms with van der Waals surface area (Å²) >= 11 is 0. The normalized spacial score (nSPS) is 10.5. The lowest BCUT2D eigenvalue weighted by atomic mass is 10.0. The van der Waals surface area contributed by atoms with E-state index in [2.05, 4.69) is 26.0 Å². The number of hydrogen-bond donors (Lipinski definition) is 1. The molecule has 0 unspecified atom stereocenters. The maximum atomic E-state index is 5.75. The second-order valence-electron chi connectivity index (χ2n) is 4.17. The summed E-state index contributed by atoms with van der Waals surface area (Å²) < 4.78 is 5.75. The fourth-order valence-corrected chi connectivity index (χ4v) is 1.85. The zero-order valence-electron chi connectivity index (χ0n) is 10.7. The van der Waals surface area contributed by atoms with Crippen molar-refractivity contribution in [3.8, 4) is 5.75 Å². The SMILES string of the molecule is CCOc1c(CCCCN)ccc(C)c1C. The predicted molar refractivity (Wildman–Crippen MR) is 69.1 cm³/mol. The fourth-order valence-electron chi connectivity index (χ4n) is 1.85. The molecule has 0 amide bonds. The average Bonchev–Trinajstić information content (AvgIpc) is 2.28. The first-order valence-corrected chi connectivity index (χ1v) is 6.12. The van der Waals surface area contributed by atoms with Gasteiger partial charge >= 0.3 is 0 Å². The van der Waals surface area contributed by atoms with Gasteiger partial charge in [0.25, 0.3) is 0 Å². The second kappa shape index (κ2) is 6.54. The molecule has 90 valence electrons. The van der Waals surface area contributed by atoms with E-state index in [1.54, 1.807) is 0 Å². The lowest BCUT2D eigenvalue weighted by Crippen LogP contribution is -2.03. The van der Waals surface area contributed by atoms with E-state index < -0.39 is 0 Å². The van der Waals surface area contributed by atoms with Crippen molar-refractivity contribution in [3.63, 3.8) is 0 Å². The summed E-state index contributed by atoms with van der Waals surface area (Å²) in [5.74, 6) is 1.08. The van der Waals surface area contributed by atoms with Crippen molar-refractivity contribution in [2.75, 3.05) is 13.2 Å². The van der Waals surface area contributed by atoms with Gasteiger partial charge < -0.3 is 10.5 Å². The molecular formula is C14H23NO. The Labute approximate surface area is 98.8 Å². The number of rotatable bonds is 6. The number of unbranched alkanes of at least 4 members (excludes halogenated alkanes) is 1. The highest BCUT2D eigenvalue weighted by molar-refractivity contribution is 5.45. The molecule has 1 aromatic rings. The Morgan fingerprint density at radius 2 is 1.94 bits per heavy atom. The number of nitrogens with two attached hydrogens (primary N) is 1. The number of ether oxygens (including phenoxy) is 1. The highest BCUT2D eigenvalue weighted by Gasteiger charge is 2.08. The van der Waals surface area contributed by atoms with E-state index in [0.717, 1.165) is 38.2 Å². The van der Waals surface area contributed by atoms with Gasteiger partial charge in [0.2, 0.25) is 0 Å². The third-order valence-corrected chi connectivity index (χ3v) is 2.95. The first kappa shape index (κ1) is 13.0. The lowest BCUT2D eigenvalue weighted by Gasteiger charge is -2.14. The Morgan fingerprint density at radius 3 is 2.56 bits per heavy atom. The summed E-state index contributed by atoms with van der Waals surface area (Å²) in [6.07, 6.45) is 3.28. The van der Waals surface area contributed by atoms with Gasteiger partial charge in [0, 0.05) is 0 Å². The number of benzene rings is 1. The molecule has 2 heteroatoms. The van der Waals surface area contributed by atoms with E-state index in [4.69, 9.17) is 10.5 Å². The van der Waals surface area contributed by atoms with Gasteiger partial charge in [-0.25, -0.2) is 0 Å². The molecule has 1 rings (SSSR count). The van der Waals surface area contributed by atoms with Gasteiger partial charge in [-0.05, 0) is 63.3 Å². The summed E-state index contributed by atoms with van der Waals surface area (Å²) in [5.41, 5.74) is 9.40. The van der Waals surface area contributed by atoms with Crippen LogP contribution in [-0.4, -0.2) is 13.2 Å². The van der Waals surface area contributed by atoms with Gasteiger partial charge in [-0.15, -0.1) is 0 Å². The van der Waals surface area contributed by atoms with E-state index in [0.29, 0.717) is 0 Å². The van der Waals surface area contributed by atoms with Crippen LogP contribution >= 0.6 is 0 Å². The Bertz CT molecular complexity index is 334. The van der Waals surface area contributed by atoms with Crippen LogP contribution in [-0.2, 0) is 6.42 Å². The van der Waals surface area contributed by atoms with Crippen molar-refractivity contribution < 1.29 is 4.74 Å². The molecule has 2 nitrogen and oxygen atoms in total. The highest BCUT2D eigenvalue weighted by Crippen LogP contribution is 2.27. The van der Waals surface area contributed by atoms with Gasteiger partial charge in [-0.3, -0.25) is 0 Å². The largest absolute Gasteiger partial charge is 0.493 e. The summed E-state index contributed by atoms with van der Waals surface area (Å²) in [6.45, 7) is 7.79. The maximum Gasteiger partial charge on any atom is 0.125 e. The molecule has 2 N–H and O–H groups in total. The minimum Gasteiger partial charge on any atom is -0.493 e. The van der Waals surface area contributed by atoms with E-state index in [1.807, 2.05) is 6.92 Å². The minimum atomic E-state index is 0.730. The van der Waals surface area contributed by atoms with Gasteiger partial charge in [-0.1, -0.05) is 12.1 Å². The highest BCUT2D eigenvalue weighted by atomic mass is 16.5. The number of hydrogen-bond acceptors (Lipinski definition) is 2. The summed E-state index contributed by atoms with van der Waals surface area (Å²) in [6, 6.07) is 4.36. The Kier molecular flexibility index (Phi) is 5.33. The van der Waals surface area contributed by atoms with Crippen LogP contribution in [0.3, 0.4) is 0 Å². The van der Waals surface area contributed by atoms with Crippen molar-refractivity contribution in [1.29, 1.82) is 0 Å². The molecule has 0 aliphatic heterocycles. The van der Waals surface area contributed by atoms with Crippen LogP contribution in [0.5, 0.6) is 5.75 Å². The average molecular weight is 221 g/mol. The summed E-state index contributed by atoms with van der Waals surface area (Å²) in [5, 5.41) is 0. The molecule has 0 aromatic heterocycles. The van der Waals surface area contributed by atoms with Crippen LogP contribution in [0.15, 0.2) is 12.1 Å². The van der Waals surface area contributed by atoms with Crippen LogP contribution in [0.2, 0.25) is 0 Å². The van der Waals surface area contributed by atoms with Crippen molar-refractivity contribution in [3.05, 3.63) is 28.8 Å². The first-order valence-electron chi connectivity index (χ1n) is 6.12. The third kappa shape index (κ3) is 3.24. The van der Waals surface area contributed by atoms with E-state index in [9.17, 15) is 0 Å². The minimum absolute atomic E-state index is 0.730. The quantitative estimate of drug-likeness (QED) is 0.749. The van der Waals surface area contributed by atoms with Crippen molar-refractivity contribution in [2.45, 2.75) is 40.0 Å². The molecule has 0 atom stereocenters. The summed E-state index contributed by atoms with van der Waals surface area (Å²) in [4.78, 5) is 0. The molecule has 0 radical (unpaired) electrons. The second-order valence-corrected chi connectivity index (χ2v) is 4.17. The number of aryl methyl sites for hydroxylation is 2. The van der Waals surface area contributed by atoms with E-state index in [1.165, 1.54) is 16.7 Å². The van der Waals surface area contributed by atoms with Crippen LogP contribution in [0.1, 0.15) is 36.5 Å². The molecule has 0 saturated heterocycles. The van der Waals surface area contributed by atoms with Crippen LogP contribution in [0, 0.1) is 13.8 Å². The lowest BCUT2D eigenvalue weighted by molar-refractivity contribution is 0.333. The Balaban J connectivity index is 2.85. The standard InChI is InChI=1S/C14H23NO/c1-4-16-14-12(3)11(2)8-9-13(14)7-5-6-10-15/h8-9H,4-7,10,15H2,1-3H3. The van der Waals surface area contributed by atoms with Gasteiger partial charge in [-0.2, -0.15) is 0 Å². The van der Waals surface area contributed by atoms with Crippen molar-refractivity contribution in [1.82, 2.24) is 0 Å². The maximum absolute atomic E-state index is 5.75. The first-order chi connectivity index (χ1) is 7.70. The molecule has 0 bridgehead atoms. The fraction of sp³-hybridized carbons (Fsp3) is 0.571. The predicted octanol–water partition coefficient (Wildman–Crippen LogP) is 2.98. The molecular weight excluding hydrogens is 198 g/mol. The topological polar surface area (TPSA) is 35.2 Å². The molecule has 16 heavy (non-hydrogen) atoms. The Hall–Kier alpha value is -1.02. The molecule has 0 spiro atoms. The smallest absolute Gasteiger partial charge is 0.125 e. The van der Waals surface area contributed by atoms with Crippen molar-refractivity contribution >= 4 is 0 Å². The zero-order valence-corrected chi connectivity index (χ0v) is 10.7. The molecule has 1 aromatic carbocycles. The zero-order chi connectivity index (χ0) is 12.0. The van der Waals surface area contributed by atoms with Crippen LogP contribution in [0.4, 0.5) is 0 Å². The molecule has 0 heterocycles. The van der Waals surface area contributed by atoms with Gasteiger partial charge in [0.1, 0.15) is 5.75 Å². The molecule has 0 aliphatic rings. The van der Waals surface area contributed by atoms with Crippen LogP contribution < -0.4 is 10.5 Å². The third-order valence-electron chi connectivity index (χ3n) is 2.95. The van der Waals surface area contributed by atoms with Gasteiger partial charge in [0.15, 0.2) is 0 Å². The molecule has 0 fully saturated rings. The van der Waals surface area contributed by atoms with Crippen LogP contribution in [0.25, 0.3) is 0 Å². The monoisotopic (exact) mass is 221 g/mol. The van der Waals surface area contributed by atoms with Gasteiger partial charge in [0.05, 0.1) is 6.61 Å².